The lowest BCUT2D eigenvalue weighted by atomic mass is 9.71. The van der Waals surface area contributed by atoms with Gasteiger partial charge in [0, 0.05) is 65.7 Å². The predicted octanol–water partition coefficient (Wildman–Crippen LogP) is 7.81. The number of nitrogens with one attached hydrogen (secondary N) is 1. The first-order valence-electron chi connectivity index (χ1n) is 24.7. The number of rotatable bonds is 9. The van der Waals surface area contributed by atoms with E-state index in [1.165, 1.54) is 37.9 Å². The Morgan fingerprint density at radius 1 is 0.813 bits per heavy atom. The van der Waals surface area contributed by atoms with Gasteiger partial charge >= 0.3 is 23.9 Å². The topological polar surface area (TPSA) is 184 Å². The van der Waals surface area contributed by atoms with Gasteiger partial charge in [-0.2, -0.15) is 5.26 Å². The lowest BCUT2D eigenvalue weighted by Gasteiger charge is -2.62. The molecule has 7 aliphatic rings. The van der Waals surface area contributed by atoms with Crippen LogP contribution in [0.3, 0.4) is 0 Å². The number of hydrogen-bond acceptors (Lipinski definition) is 17. The fourth-order valence-electron chi connectivity index (χ4n) is 12.1. The Bertz CT molecular complexity index is 3270. The zero-order valence-corrected chi connectivity index (χ0v) is 43.0. The molecular weight excluding hydrogens is 977 g/mol. The van der Waals surface area contributed by atoms with Crippen LogP contribution in [0, 0.1) is 25.2 Å². The maximum atomic E-state index is 15.3. The number of benzene rings is 5. The van der Waals surface area contributed by atoms with E-state index in [0.29, 0.717) is 64.5 Å². The molecule has 7 aliphatic heterocycles. The van der Waals surface area contributed by atoms with Crippen molar-refractivity contribution in [3.05, 3.63) is 147 Å². The number of nitrogens with zero attached hydrogens (tertiary/aromatic N) is 3. The van der Waals surface area contributed by atoms with Crippen LogP contribution in [0.2, 0.25) is 0 Å². The van der Waals surface area contributed by atoms with Gasteiger partial charge in [-0.05, 0) is 91.4 Å². The van der Waals surface area contributed by atoms with Gasteiger partial charge in [-0.1, -0.05) is 66.7 Å². The van der Waals surface area contributed by atoms with E-state index in [9.17, 15) is 19.6 Å². The highest BCUT2D eigenvalue weighted by Gasteiger charge is 2.62. The predicted molar refractivity (Wildman–Crippen MR) is 277 cm³/mol. The molecule has 0 aromatic heterocycles. The van der Waals surface area contributed by atoms with Gasteiger partial charge in [-0.3, -0.25) is 19.9 Å². The molecule has 4 bridgehead atoms. The summed E-state index contributed by atoms with van der Waals surface area (Å²) in [5.74, 6) is -0.134. The average Bonchev–Trinajstić information content (AvgIpc) is 3.91. The van der Waals surface area contributed by atoms with E-state index < -0.39 is 64.9 Å². The summed E-state index contributed by atoms with van der Waals surface area (Å²) in [5, 5.41) is 14.4. The van der Waals surface area contributed by atoms with E-state index in [-0.39, 0.29) is 42.2 Å². The highest BCUT2D eigenvalue weighted by Crippen LogP contribution is 2.65. The minimum Gasteiger partial charge on any atom is -0.493 e. The molecule has 2 saturated heterocycles. The maximum Gasteiger partial charge on any atom is 0.336 e. The smallest absolute Gasteiger partial charge is 0.336 e. The molecule has 12 rings (SSSR count). The van der Waals surface area contributed by atoms with Crippen LogP contribution < -0.4 is 38.5 Å². The summed E-state index contributed by atoms with van der Waals surface area (Å²) >= 11 is 1.45. The Morgan fingerprint density at radius 3 is 2.17 bits per heavy atom. The monoisotopic (exact) mass is 1030 g/mol. The van der Waals surface area contributed by atoms with Crippen LogP contribution in [0.1, 0.15) is 79.9 Å². The second-order valence-electron chi connectivity index (χ2n) is 19.4. The number of aryl methyl sites for hydroxylation is 1. The average molecular weight is 1030 g/mol. The molecule has 17 heteroatoms. The molecule has 0 radical (unpaired) electrons. The van der Waals surface area contributed by atoms with Gasteiger partial charge in [0.1, 0.15) is 18.4 Å². The summed E-state index contributed by atoms with van der Waals surface area (Å²) in [4.78, 5) is 60.3. The minimum atomic E-state index is -1.49. The summed E-state index contributed by atoms with van der Waals surface area (Å²) in [6, 6.07) is 23.7. The van der Waals surface area contributed by atoms with Gasteiger partial charge in [0.05, 0.1) is 37.6 Å². The Hall–Kier alpha value is -7.62. The number of carbonyl (C=O) groups excluding carboxylic acids is 4. The number of hydrogen-bond donors (Lipinski definition) is 1. The van der Waals surface area contributed by atoms with Crippen LogP contribution >= 0.6 is 11.8 Å². The van der Waals surface area contributed by atoms with Crippen LogP contribution in [0.25, 0.3) is 12.2 Å². The van der Waals surface area contributed by atoms with Gasteiger partial charge in [-0.15, -0.1) is 11.8 Å². The van der Waals surface area contributed by atoms with Crippen LogP contribution in [0.4, 0.5) is 0 Å². The molecule has 0 aliphatic carbocycles. The van der Waals surface area contributed by atoms with E-state index in [1.54, 1.807) is 31.4 Å². The van der Waals surface area contributed by atoms with Crippen molar-refractivity contribution in [2.75, 3.05) is 47.0 Å². The summed E-state index contributed by atoms with van der Waals surface area (Å²) in [5.41, 5.74) is 5.59. The number of likely N-dealkylation sites (N-methyl/N-ethyl adjacent to an activating group) is 1. The molecule has 0 amide bonds. The number of esters is 4. The van der Waals surface area contributed by atoms with Crippen molar-refractivity contribution in [1.82, 2.24) is 15.1 Å². The fourth-order valence-corrected chi connectivity index (χ4v) is 13.8. The molecule has 7 heterocycles. The molecule has 1 unspecified atom stereocenters. The van der Waals surface area contributed by atoms with E-state index >= 15 is 4.79 Å². The van der Waals surface area contributed by atoms with Crippen molar-refractivity contribution in [2.45, 2.75) is 74.6 Å². The van der Waals surface area contributed by atoms with E-state index in [2.05, 4.69) is 21.2 Å². The highest BCUT2D eigenvalue weighted by atomic mass is 32.2. The number of fused-ring (bicyclic) bond motifs is 9. The molecule has 1 spiro atoms. The third-order valence-electron chi connectivity index (χ3n) is 15.2. The van der Waals surface area contributed by atoms with Crippen LogP contribution in [-0.2, 0) is 42.3 Å². The van der Waals surface area contributed by atoms with Crippen LogP contribution in [0.5, 0.6) is 40.2 Å². The molecule has 0 saturated carbocycles. The number of nitriles is 1. The summed E-state index contributed by atoms with van der Waals surface area (Å²) in [6.45, 7) is 5.06. The molecule has 16 nitrogen and oxygen atoms in total. The molecule has 2 fully saturated rings. The van der Waals surface area contributed by atoms with E-state index in [4.69, 9.17) is 37.9 Å². The molecule has 5 aromatic rings. The zero-order chi connectivity index (χ0) is 52.3. The molecule has 7 atom stereocenters. The minimum absolute atomic E-state index is 0.0559. The lowest BCUT2D eigenvalue weighted by Crippen LogP contribution is -2.69. The second kappa shape index (κ2) is 19.9. The lowest BCUT2D eigenvalue weighted by molar-refractivity contribution is -0.157. The van der Waals surface area contributed by atoms with Crippen LogP contribution in [0.15, 0.2) is 91.0 Å². The standard InChI is InChI=1S/C58H54N4O12S/c1-31-23-37-24-39-40(27-59)62-41-28-69-57(66)58(38-26-42(67-5)43(25-36(38)21-22-60-58)73-44(64)19-17-34-13-9-7-10-14-34)29-75-56(48-47(41)54-53(70-30-71-54)32(2)52(48)72-33(3)63)50(62)49(61(39)4)46(37)55(51(31)68-6)74-45(65)20-18-35-15-11-8-12-16-35/h7-20,23,25-26,39-41,49-50,56,60H,21-22,24,28-30H2,1-6H3/b19-17+,20-18?/t39-,40-,41+,49-,50?,56+,58+/m0/s1. The molecular formula is C58H54N4O12S. The quantitative estimate of drug-likeness (QED) is 0.0856. The number of piperazine rings is 1. The molecule has 384 valence electrons. The van der Waals surface area contributed by atoms with Crippen LogP contribution in [-0.4, -0.2) is 98.8 Å². The highest BCUT2D eigenvalue weighted by molar-refractivity contribution is 7.99. The Balaban J connectivity index is 1.08. The first-order chi connectivity index (χ1) is 36.3. The van der Waals surface area contributed by atoms with Crippen molar-refractivity contribution in [2.24, 2.45) is 0 Å². The van der Waals surface area contributed by atoms with E-state index in [1.807, 2.05) is 87.6 Å². The Kier molecular flexibility index (Phi) is 13.2. The first-order valence-corrected chi connectivity index (χ1v) is 25.8. The Labute approximate surface area is 438 Å². The van der Waals surface area contributed by atoms with Crippen molar-refractivity contribution < 1.29 is 57.1 Å². The fraction of sp³-hybridized carbons (Fsp3) is 0.328. The summed E-state index contributed by atoms with van der Waals surface area (Å²) < 4.78 is 49.7. The second-order valence-corrected chi connectivity index (χ2v) is 20.5. The first kappa shape index (κ1) is 49.6. The third kappa shape index (κ3) is 8.46. The number of methoxy groups -OCH3 is 2. The SMILES string of the molecule is COc1cc2c(cc1OC(=O)/C=C/c1ccccc1)CCN[C@]21CS[C@@H]2c3c(OC(C)=O)c(C)c4c(c3[C@@H](COC1=O)N1C2[C@@H]2c3c(cc(C)c(OC)c3OC(=O)C=Cc3ccccc3)C[C@@H]([C@@H]1C#N)N2C)OCO4. The summed E-state index contributed by atoms with van der Waals surface area (Å²) in [6.07, 6.45) is 6.98. The molecule has 5 aromatic carbocycles. The normalized spacial score (nSPS) is 24.3. The van der Waals surface area contributed by atoms with Crippen molar-refractivity contribution >= 4 is 47.8 Å². The number of carbonyl (C=O) groups is 4. The number of ether oxygens (including phenoxy) is 8. The third-order valence-corrected chi connectivity index (χ3v) is 16.7. The molecule has 75 heavy (non-hydrogen) atoms. The van der Waals surface area contributed by atoms with Gasteiger partial charge in [-0.25, -0.2) is 14.4 Å². The molecule has 1 N–H and O–H groups in total. The zero-order valence-electron chi connectivity index (χ0n) is 42.2. The van der Waals surface area contributed by atoms with Gasteiger partial charge in [0.25, 0.3) is 0 Å². The van der Waals surface area contributed by atoms with Crippen molar-refractivity contribution in [3.63, 3.8) is 0 Å². The van der Waals surface area contributed by atoms with Crippen molar-refractivity contribution in [1.29, 1.82) is 5.26 Å². The number of thioether (sulfide) groups is 1. The summed E-state index contributed by atoms with van der Waals surface area (Å²) in [7, 11) is 5.00. The van der Waals surface area contributed by atoms with Gasteiger partial charge < -0.3 is 37.9 Å². The van der Waals surface area contributed by atoms with Gasteiger partial charge in [0.15, 0.2) is 40.0 Å². The largest absolute Gasteiger partial charge is 0.493 e. The maximum absolute atomic E-state index is 15.3. The Morgan fingerprint density at radius 2 is 1.51 bits per heavy atom. The van der Waals surface area contributed by atoms with Gasteiger partial charge in [0.2, 0.25) is 6.79 Å². The van der Waals surface area contributed by atoms with E-state index in [0.717, 1.165) is 27.8 Å². The van der Waals surface area contributed by atoms with Crippen molar-refractivity contribution in [3.8, 4) is 46.3 Å².